The van der Waals surface area contributed by atoms with Gasteiger partial charge in [-0.3, -0.25) is 4.79 Å². The van der Waals surface area contributed by atoms with Gasteiger partial charge in [-0.25, -0.2) is 8.42 Å². The lowest BCUT2D eigenvalue weighted by molar-refractivity contribution is -0.140. The first-order valence-corrected chi connectivity index (χ1v) is 10.8. The largest absolute Gasteiger partial charge is 0.497 e. The lowest BCUT2D eigenvalue weighted by Crippen LogP contribution is -2.41. The highest BCUT2D eigenvalue weighted by Gasteiger charge is 2.35. The van der Waals surface area contributed by atoms with Crippen molar-refractivity contribution in [1.29, 1.82) is 0 Å². The van der Waals surface area contributed by atoms with Crippen molar-refractivity contribution in [3.05, 3.63) is 52.5 Å². The summed E-state index contributed by atoms with van der Waals surface area (Å²) in [5.41, 5.74) is 0. The highest BCUT2D eigenvalue weighted by molar-refractivity contribution is 7.89. The summed E-state index contributed by atoms with van der Waals surface area (Å²) >= 11 is 12.1. The molecule has 2 aromatic rings. The average Bonchev–Trinajstić information content (AvgIpc) is 2.68. The Balaban J connectivity index is 1.64. The zero-order valence-electron chi connectivity index (χ0n) is 15.1. The van der Waals surface area contributed by atoms with E-state index in [2.05, 4.69) is 0 Å². The number of piperidine rings is 1. The number of carbonyl (C=O) groups is 1. The molecule has 9 heteroatoms. The van der Waals surface area contributed by atoms with E-state index in [1.165, 1.54) is 16.4 Å². The minimum Gasteiger partial charge on any atom is -0.497 e. The van der Waals surface area contributed by atoms with Crippen LogP contribution in [0.25, 0.3) is 0 Å². The molecule has 2 aromatic carbocycles. The predicted octanol–water partition coefficient (Wildman–Crippen LogP) is 4.01. The minimum atomic E-state index is -3.84. The van der Waals surface area contributed by atoms with Crippen LogP contribution in [0.4, 0.5) is 0 Å². The van der Waals surface area contributed by atoms with Crippen molar-refractivity contribution in [2.24, 2.45) is 5.92 Å². The van der Waals surface area contributed by atoms with Crippen molar-refractivity contribution in [3.63, 3.8) is 0 Å². The molecule has 0 radical (unpaired) electrons. The van der Waals surface area contributed by atoms with Crippen molar-refractivity contribution in [2.75, 3.05) is 20.2 Å². The number of methoxy groups -OCH3 is 1. The molecule has 1 saturated heterocycles. The first-order chi connectivity index (χ1) is 13.3. The average molecular weight is 444 g/mol. The summed E-state index contributed by atoms with van der Waals surface area (Å²) in [6.07, 6.45) is 0.715. The summed E-state index contributed by atoms with van der Waals surface area (Å²) in [6.45, 7) is 0.374. The van der Waals surface area contributed by atoms with Crippen molar-refractivity contribution < 1.29 is 22.7 Å². The molecule has 1 heterocycles. The van der Waals surface area contributed by atoms with Gasteiger partial charge < -0.3 is 9.47 Å². The van der Waals surface area contributed by atoms with Gasteiger partial charge >= 0.3 is 5.97 Å². The van der Waals surface area contributed by atoms with Gasteiger partial charge in [-0.2, -0.15) is 4.31 Å². The third kappa shape index (κ3) is 4.43. The highest BCUT2D eigenvalue weighted by Crippen LogP contribution is 2.33. The van der Waals surface area contributed by atoms with Crippen LogP contribution in [0, 0.1) is 5.92 Å². The maximum atomic E-state index is 12.9. The molecule has 0 aromatic heterocycles. The smallest absolute Gasteiger partial charge is 0.314 e. The number of hydrogen-bond acceptors (Lipinski definition) is 5. The van der Waals surface area contributed by atoms with E-state index in [1.54, 1.807) is 37.4 Å². The number of rotatable bonds is 5. The van der Waals surface area contributed by atoms with Crippen LogP contribution < -0.4 is 9.47 Å². The van der Waals surface area contributed by atoms with Crippen molar-refractivity contribution >= 4 is 39.2 Å². The zero-order valence-corrected chi connectivity index (χ0v) is 17.4. The van der Waals surface area contributed by atoms with Gasteiger partial charge in [0.15, 0.2) is 0 Å². The van der Waals surface area contributed by atoms with Gasteiger partial charge in [-0.05, 0) is 49.2 Å². The van der Waals surface area contributed by atoms with E-state index >= 15 is 0 Å². The van der Waals surface area contributed by atoms with Crippen molar-refractivity contribution in [3.8, 4) is 11.5 Å². The van der Waals surface area contributed by atoms with Gasteiger partial charge in [0, 0.05) is 13.1 Å². The second kappa shape index (κ2) is 8.69. The number of sulfonamides is 1. The summed E-state index contributed by atoms with van der Waals surface area (Å²) in [5, 5.41) is 0.155. The van der Waals surface area contributed by atoms with Gasteiger partial charge in [-0.1, -0.05) is 29.3 Å². The maximum Gasteiger partial charge on any atom is 0.314 e. The Hall–Kier alpha value is -1.80. The number of benzene rings is 2. The fourth-order valence-corrected chi connectivity index (χ4v) is 5.59. The Morgan fingerprint density at radius 1 is 1.00 bits per heavy atom. The number of ether oxygens (including phenoxy) is 2. The van der Waals surface area contributed by atoms with Crippen molar-refractivity contribution in [2.45, 2.75) is 17.7 Å². The summed E-state index contributed by atoms with van der Waals surface area (Å²) in [6, 6.07) is 11.3. The molecule has 0 aliphatic carbocycles. The fourth-order valence-electron chi connectivity index (χ4n) is 3.03. The van der Waals surface area contributed by atoms with Gasteiger partial charge in [0.25, 0.3) is 0 Å². The minimum absolute atomic E-state index is 0.0774. The Bertz CT molecular complexity index is 935. The zero-order chi connectivity index (χ0) is 20.3. The topological polar surface area (TPSA) is 72.9 Å². The third-order valence-corrected chi connectivity index (χ3v) is 7.44. The van der Waals surface area contributed by atoms with Gasteiger partial charge in [0.2, 0.25) is 10.0 Å². The molecule has 6 nitrogen and oxygen atoms in total. The van der Waals surface area contributed by atoms with E-state index in [1.807, 2.05) is 0 Å². The van der Waals surface area contributed by atoms with Crippen LogP contribution in [0.1, 0.15) is 12.8 Å². The van der Waals surface area contributed by atoms with E-state index < -0.39 is 10.0 Å². The molecule has 1 aliphatic rings. The van der Waals surface area contributed by atoms with Crippen LogP contribution in [-0.2, 0) is 14.8 Å². The van der Waals surface area contributed by atoms with E-state index in [4.69, 9.17) is 32.7 Å². The maximum absolute atomic E-state index is 12.9. The lowest BCUT2D eigenvalue weighted by atomic mass is 9.98. The molecule has 0 spiro atoms. The number of halogens is 2. The molecule has 0 unspecified atom stereocenters. The molecule has 0 amide bonds. The molecule has 1 fully saturated rings. The second-order valence-electron chi connectivity index (χ2n) is 6.33. The SMILES string of the molecule is COc1ccc(OC(=O)C2CCN(S(=O)(=O)c3c(Cl)cccc3Cl)CC2)cc1. The van der Waals surface area contributed by atoms with Gasteiger partial charge in [-0.15, -0.1) is 0 Å². The summed E-state index contributed by atoms with van der Waals surface area (Å²) in [4.78, 5) is 12.3. The van der Waals surface area contributed by atoms with Crippen LogP contribution in [0.15, 0.2) is 47.4 Å². The first kappa shape index (κ1) is 20.9. The normalized spacial score (nSPS) is 16.0. The Kier molecular flexibility index (Phi) is 6.50. The number of esters is 1. The van der Waals surface area contributed by atoms with E-state index in [9.17, 15) is 13.2 Å². The van der Waals surface area contributed by atoms with Gasteiger partial charge in [0.1, 0.15) is 16.4 Å². The standard InChI is InChI=1S/C19H19Cl2NO5S/c1-26-14-5-7-15(8-6-14)27-19(23)13-9-11-22(12-10-13)28(24,25)18-16(20)3-2-4-17(18)21/h2-8,13H,9-12H2,1H3. The molecule has 1 aliphatic heterocycles. The molecule has 0 bridgehead atoms. The predicted molar refractivity (Wildman–Crippen MR) is 107 cm³/mol. The summed E-state index contributed by atoms with van der Waals surface area (Å²) < 4.78 is 37.5. The summed E-state index contributed by atoms with van der Waals surface area (Å²) in [5.74, 6) is 0.327. The number of nitrogens with zero attached hydrogens (tertiary/aromatic N) is 1. The Labute approximate surface area is 174 Å². The molecule has 0 atom stereocenters. The number of hydrogen-bond donors (Lipinski definition) is 0. The molecular formula is C19H19Cl2NO5S. The highest BCUT2D eigenvalue weighted by atomic mass is 35.5. The molecule has 3 rings (SSSR count). The van der Waals surface area contributed by atoms with E-state index in [-0.39, 0.29) is 39.9 Å². The van der Waals surface area contributed by atoms with E-state index in [0.29, 0.717) is 24.3 Å². The van der Waals surface area contributed by atoms with Crippen LogP contribution in [0.5, 0.6) is 11.5 Å². The summed E-state index contributed by atoms with van der Waals surface area (Å²) in [7, 11) is -2.28. The molecule has 0 saturated carbocycles. The molecule has 150 valence electrons. The monoisotopic (exact) mass is 443 g/mol. The second-order valence-corrected chi connectivity index (χ2v) is 9.01. The third-order valence-electron chi connectivity index (χ3n) is 4.58. The molecule has 28 heavy (non-hydrogen) atoms. The van der Waals surface area contributed by atoms with Crippen molar-refractivity contribution in [1.82, 2.24) is 4.31 Å². The molecular weight excluding hydrogens is 425 g/mol. The van der Waals surface area contributed by atoms with Crippen LogP contribution in [-0.4, -0.2) is 38.9 Å². The van der Waals surface area contributed by atoms with Crippen LogP contribution in [0.2, 0.25) is 10.0 Å². The lowest BCUT2D eigenvalue weighted by Gasteiger charge is -2.30. The molecule has 0 N–H and O–H groups in total. The van der Waals surface area contributed by atoms with E-state index in [0.717, 1.165) is 0 Å². The quantitative estimate of drug-likeness (QED) is 0.515. The van der Waals surface area contributed by atoms with Crippen LogP contribution in [0.3, 0.4) is 0 Å². The Morgan fingerprint density at radius 2 is 1.54 bits per heavy atom. The Morgan fingerprint density at radius 3 is 2.07 bits per heavy atom. The number of carbonyl (C=O) groups excluding carboxylic acids is 1. The fraction of sp³-hybridized carbons (Fsp3) is 0.316. The first-order valence-electron chi connectivity index (χ1n) is 8.63. The van der Waals surface area contributed by atoms with Gasteiger partial charge in [0.05, 0.1) is 23.1 Å². The van der Waals surface area contributed by atoms with Crippen LogP contribution >= 0.6 is 23.2 Å².